The monoisotopic (exact) mass is 559 g/mol. The van der Waals surface area contributed by atoms with Gasteiger partial charge in [0.2, 0.25) is 0 Å². The Labute approximate surface area is 223 Å². The first-order valence-electron chi connectivity index (χ1n) is 11.8. The molecule has 12 heteroatoms. The van der Waals surface area contributed by atoms with Crippen LogP contribution in [0.3, 0.4) is 0 Å². The summed E-state index contributed by atoms with van der Waals surface area (Å²) in [5.74, 6) is 1.25. The molecule has 38 heavy (non-hydrogen) atoms. The zero-order chi connectivity index (χ0) is 29.1. The van der Waals surface area contributed by atoms with Gasteiger partial charge in [-0.1, -0.05) is 38.1 Å². The lowest BCUT2D eigenvalue weighted by atomic mass is 9.69. The number of nitriles is 1. The minimum atomic E-state index is -4.43. The Kier molecular flexibility index (Phi) is 12.5. The second kappa shape index (κ2) is 14.3. The van der Waals surface area contributed by atoms with E-state index in [0.717, 1.165) is 37.2 Å². The SMILES string of the molecule is COc1ccc(CCN(C)CCCC(C#N)(c2cccc(C(F)(F)F)c2)C(C)C)cc1OC.NS(=O)(=O)O. The highest BCUT2D eigenvalue weighted by molar-refractivity contribution is 7.83. The van der Waals surface area contributed by atoms with E-state index in [4.69, 9.17) is 22.4 Å². The van der Waals surface area contributed by atoms with Crippen LogP contribution in [0.4, 0.5) is 13.2 Å². The fourth-order valence-corrected chi connectivity index (χ4v) is 4.08. The Bertz CT molecular complexity index is 1180. The second-order valence-corrected chi connectivity index (χ2v) is 10.2. The number of alkyl halides is 3. The highest BCUT2D eigenvalue weighted by atomic mass is 32.2. The van der Waals surface area contributed by atoms with Crippen LogP contribution in [0.25, 0.3) is 0 Å². The standard InChI is InChI=1S/C26H33F3N2O2.H3NO3S/c1-19(2)25(18-30,21-8-6-9-22(17-21)26(27,28)29)13-7-14-31(3)15-12-20-10-11-23(32-4)24(16-20)33-5;1-5(2,3)4/h6,8-11,16-17,19H,7,12-15H2,1-5H3;(H3,1,2,3,4). The van der Waals surface area contributed by atoms with Gasteiger partial charge in [0, 0.05) is 6.54 Å². The Morgan fingerprint density at radius 1 is 1.05 bits per heavy atom. The molecule has 0 aliphatic carbocycles. The number of rotatable bonds is 11. The summed E-state index contributed by atoms with van der Waals surface area (Å²) in [6, 6.07) is 13.4. The van der Waals surface area contributed by atoms with E-state index in [9.17, 15) is 18.4 Å². The van der Waals surface area contributed by atoms with E-state index in [1.165, 1.54) is 6.07 Å². The molecule has 8 nitrogen and oxygen atoms in total. The van der Waals surface area contributed by atoms with E-state index < -0.39 is 27.5 Å². The summed E-state index contributed by atoms with van der Waals surface area (Å²) in [5, 5.41) is 13.9. The molecule has 212 valence electrons. The predicted octanol–water partition coefficient (Wildman–Crippen LogP) is 4.84. The van der Waals surface area contributed by atoms with Crippen molar-refractivity contribution in [1.29, 1.82) is 5.26 Å². The quantitative estimate of drug-likeness (QED) is 0.377. The number of hydrogen-bond acceptors (Lipinski definition) is 6. The van der Waals surface area contributed by atoms with Crippen molar-refractivity contribution in [2.24, 2.45) is 11.1 Å². The normalized spacial score (nSPS) is 13.3. The van der Waals surface area contributed by atoms with Crippen LogP contribution in [0.1, 0.15) is 43.4 Å². The molecule has 2 rings (SSSR count). The molecule has 0 aliphatic heterocycles. The number of benzene rings is 2. The third-order valence-corrected chi connectivity index (χ3v) is 6.23. The number of nitrogens with zero attached hydrogens (tertiary/aromatic N) is 2. The summed E-state index contributed by atoms with van der Waals surface area (Å²) >= 11 is 0. The van der Waals surface area contributed by atoms with Crippen LogP contribution in [0, 0.1) is 17.2 Å². The summed E-state index contributed by atoms with van der Waals surface area (Å²) in [6.07, 6.45) is -2.43. The summed E-state index contributed by atoms with van der Waals surface area (Å²) in [7, 11) is 1.05. The molecule has 1 unspecified atom stereocenters. The molecule has 0 spiro atoms. The van der Waals surface area contributed by atoms with E-state index in [-0.39, 0.29) is 5.92 Å². The van der Waals surface area contributed by atoms with Gasteiger partial charge in [0.1, 0.15) is 0 Å². The van der Waals surface area contributed by atoms with Crippen LogP contribution in [0.2, 0.25) is 0 Å². The highest BCUT2D eigenvalue weighted by Gasteiger charge is 2.38. The molecule has 3 N–H and O–H groups in total. The van der Waals surface area contributed by atoms with Crippen LogP contribution in [0.5, 0.6) is 11.5 Å². The molecule has 0 bridgehead atoms. The molecule has 0 saturated carbocycles. The van der Waals surface area contributed by atoms with Crippen molar-refractivity contribution in [3.05, 3.63) is 59.2 Å². The van der Waals surface area contributed by atoms with Crippen LogP contribution in [-0.4, -0.2) is 52.2 Å². The third-order valence-electron chi connectivity index (χ3n) is 6.23. The smallest absolute Gasteiger partial charge is 0.416 e. The van der Waals surface area contributed by atoms with Gasteiger partial charge < -0.3 is 14.4 Å². The van der Waals surface area contributed by atoms with Crippen molar-refractivity contribution in [1.82, 2.24) is 4.90 Å². The average Bonchev–Trinajstić information content (AvgIpc) is 2.83. The Morgan fingerprint density at radius 3 is 2.13 bits per heavy atom. The Hall–Kier alpha value is -2.85. The molecule has 0 amide bonds. The van der Waals surface area contributed by atoms with E-state index >= 15 is 0 Å². The van der Waals surface area contributed by atoms with Gasteiger partial charge in [-0.15, -0.1) is 0 Å². The molecule has 0 fully saturated rings. The van der Waals surface area contributed by atoms with Crippen molar-refractivity contribution >= 4 is 10.3 Å². The van der Waals surface area contributed by atoms with Gasteiger partial charge in [-0.3, -0.25) is 4.55 Å². The van der Waals surface area contributed by atoms with Crippen molar-refractivity contribution < 1.29 is 35.6 Å². The third kappa shape index (κ3) is 10.5. The van der Waals surface area contributed by atoms with E-state index in [1.54, 1.807) is 20.3 Å². The van der Waals surface area contributed by atoms with Gasteiger partial charge >= 0.3 is 16.5 Å². The van der Waals surface area contributed by atoms with E-state index in [0.29, 0.717) is 29.9 Å². The van der Waals surface area contributed by atoms with Gasteiger partial charge in [0.25, 0.3) is 0 Å². The van der Waals surface area contributed by atoms with Crippen molar-refractivity contribution in [2.75, 3.05) is 34.4 Å². The molecule has 0 heterocycles. The zero-order valence-electron chi connectivity index (χ0n) is 22.2. The van der Waals surface area contributed by atoms with Gasteiger partial charge in [0.05, 0.1) is 31.3 Å². The van der Waals surface area contributed by atoms with Crippen molar-refractivity contribution in [3.63, 3.8) is 0 Å². The van der Waals surface area contributed by atoms with Crippen LogP contribution < -0.4 is 14.6 Å². The minimum Gasteiger partial charge on any atom is -0.493 e. The number of methoxy groups -OCH3 is 2. The lowest BCUT2D eigenvalue weighted by molar-refractivity contribution is -0.137. The predicted molar refractivity (Wildman–Crippen MR) is 139 cm³/mol. The molecule has 2 aromatic carbocycles. The molecular formula is C26H36F3N3O5S. The maximum absolute atomic E-state index is 13.2. The number of halogens is 3. The Morgan fingerprint density at radius 2 is 1.63 bits per heavy atom. The first-order chi connectivity index (χ1) is 17.6. The molecule has 2 aromatic rings. The minimum absolute atomic E-state index is 0.122. The number of likely N-dealkylation sites (N-methyl/N-ethyl adjacent to an activating group) is 1. The highest BCUT2D eigenvalue weighted by Crippen LogP contribution is 2.39. The van der Waals surface area contributed by atoms with Gasteiger partial charge in [-0.05, 0) is 68.1 Å². The molecule has 1 atom stereocenters. The van der Waals surface area contributed by atoms with Crippen molar-refractivity contribution in [3.8, 4) is 17.6 Å². The van der Waals surface area contributed by atoms with Crippen LogP contribution in [-0.2, 0) is 28.3 Å². The fraction of sp³-hybridized carbons (Fsp3) is 0.500. The fourth-order valence-electron chi connectivity index (χ4n) is 4.08. The lowest BCUT2D eigenvalue weighted by Gasteiger charge is -2.32. The first kappa shape index (κ1) is 33.2. The van der Waals surface area contributed by atoms with Gasteiger partial charge in [-0.2, -0.15) is 26.9 Å². The van der Waals surface area contributed by atoms with Crippen molar-refractivity contribution in [2.45, 2.75) is 44.7 Å². The topological polar surface area (TPSA) is 126 Å². The lowest BCUT2D eigenvalue weighted by Crippen LogP contribution is -2.33. The molecule has 0 saturated heterocycles. The second-order valence-electron chi connectivity index (χ2n) is 9.18. The number of nitrogens with two attached hydrogens (primary N) is 1. The molecular weight excluding hydrogens is 523 g/mol. The van der Waals surface area contributed by atoms with Gasteiger partial charge in [0.15, 0.2) is 11.5 Å². The van der Waals surface area contributed by atoms with Crippen LogP contribution in [0.15, 0.2) is 42.5 Å². The molecule has 0 aliphatic rings. The zero-order valence-corrected chi connectivity index (χ0v) is 23.1. The van der Waals surface area contributed by atoms with E-state index in [2.05, 4.69) is 16.1 Å². The molecule has 0 radical (unpaired) electrons. The van der Waals surface area contributed by atoms with Gasteiger partial charge in [-0.25, -0.2) is 5.14 Å². The number of hydrogen-bond donors (Lipinski definition) is 2. The molecule has 0 aromatic heterocycles. The maximum Gasteiger partial charge on any atom is 0.416 e. The average molecular weight is 560 g/mol. The van der Waals surface area contributed by atoms with Crippen LogP contribution >= 0.6 is 0 Å². The maximum atomic E-state index is 13.2. The van der Waals surface area contributed by atoms with E-state index in [1.807, 2.05) is 39.1 Å². The summed E-state index contributed by atoms with van der Waals surface area (Å²) < 4.78 is 75.5. The summed E-state index contributed by atoms with van der Waals surface area (Å²) in [6.45, 7) is 5.33. The summed E-state index contributed by atoms with van der Waals surface area (Å²) in [5.41, 5.74) is -0.127. The summed E-state index contributed by atoms with van der Waals surface area (Å²) in [4.78, 5) is 2.17. The largest absolute Gasteiger partial charge is 0.493 e. The first-order valence-corrected chi connectivity index (χ1v) is 13.3. The Balaban J connectivity index is 0.00000132. The number of ether oxygens (including phenoxy) is 2.